The van der Waals surface area contributed by atoms with E-state index in [1.54, 1.807) is 0 Å². The second-order valence-corrected chi connectivity index (χ2v) is 5.93. The van der Waals surface area contributed by atoms with Gasteiger partial charge in [-0.3, -0.25) is 0 Å². The van der Waals surface area contributed by atoms with Gasteiger partial charge < -0.3 is 10.1 Å². The Kier molecular flexibility index (Phi) is 3.09. The van der Waals surface area contributed by atoms with Crippen LogP contribution in [-0.4, -0.2) is 25.3 Å². The standard InChI is InChI=1S/C13H25NO/c1-5-15-12-7-11(13(12,3)4)14-8-10-6-9(10)2/h9-12,14H,5-8H2,1-4H3. The molecule has 2 aliphatic rings. The normalized spacial score (nSPS) is 42.4. The van der Waals surface area contributed by atoms with Crippen LogP contribution in [-0.2, 0) is 4.74 Å². The van der Waals surface area contributed by atoms with Gasteiger partial charge in [0, 0.05) is 18.1 Å². The van der Waals surface area contributed by atoms with Crippen LogP contribution in [0.4, 0.5) is 0 Å². The molecular formula is C13H25NO. The Bertz CT molecular complexity index is 227. The Morgan fingerprint density at radius 3 is 2.47 bits per heavy atom. The van der Waals surface area contributed by atoms with Crippen molar-refractivity contribution in [1.29, 1.82) is 0 Å². The molecule has 0 aromatic rings. The van der Waals surface area contributed by atoms with Gasteiger partial charge in [-0.05, 0) is 38.1 Å². The fourth-order valence-electron chi connectivity index (χ4n) is 2.69. The van der Waals surface area contributed by atoms with Gasteiger partial charge in [0.15, 0.2) is 0 Å². The Labute approximate surface area is 93.8 Å². The van der Waals surface area contributed by atoms with E-state index < -0.39 is 0 Å². The van der Waals surface area contributed by atoms with Gasteiger partial charge in [0.25, 0.3) is 0 Å². The van der Waals surface area contributed by atoms with Gasteiger partial charge in [0.2, 0.25) is 0 Å². The van der Waals surface area contributed by atoms with Crippen LogP contribution in [0.3, 0.4) is 0 Å². The highest BCUT2D eigenvalue weighted by molar-refractivity contribution is 5.03. The summed E-state index contributed by atoms with van der Waals surface area (Å²) in [6, 6.07) is 0.668. The predicted molar refractivity (Wildman–Crippen MR) is 62.9 cm³/mol. The zero-order chi connectivity index (χ0) is 11.1. The molecule has 0 aromatic carbocycles. The van der Waals surface area contributed by atoms with Crippen LogP contribution in [0.15, 0.2) is 0 Å². The lowest BCUT2D eigenvalue weighted by molar-refractivity contribution is -0.114. The van der Waals surface area contributed by atoms with E-state index in [-0.39, 0.29) is 0 Å². The number of nitrogens with one attached hydrogen (secondary N) is 1. The van der Waals surface area contributed by atoms with E-state index in [1.165, 1.54) is 19.4 Å². The quantitative estimate of drug-likeness (QED) is 0.754. The summed E-state index contributed by atoms with van der Waals surface area (Å²) in [5.74, 6) is 1.91. The molecule has 0 bridgehead atoms. The van der Waals surface area contributed by atoms with Gasteiger partial charge in [-0.1, -0.05) is 20.8 Å². The van der Waals surface area contributed by atoms with Crippen molar-refractivity contribution in [2.24, 2.45) is 17.3 Å². The molecule has 0 heterocycles. The van der Waals surface area contributed by atoms with Gasteiger partial charge in [0.05, 0.1) is 6.10 Å². The molecule has 2 nitrogen and oxygen atoms in total. The number of hydrogen-bond donors (Lipinski definition) is 1. The molecule has 0 aromatic heterocycles. The van der Waals surface area contributed by atoms with E-state index in [9.17, 15) is 0 Å². The Balaban J connectivity index is 1.71. The average molecular weight is 211 g/mol. The first-order chi connectivity index (χ1) is 7.05. The number of hydrogen-bond acceptors (Lipinski definition) is 2. The van der Waals surface area contributed by atoms with Crippen molar-refractivity contribution < 1.29 is 4.74 Å². The van der Waals surface area contributed by atoms with Crippen molar-refractivity contribution in [2.45, 2.75) is 52.7 Å². The summed E-state index contributed by atoms with van der Waals surface area (Å²) < 4.78 is 5.73. The average Bonchev–Trinajstić information content (AvgIpc) is 2.87. The van der Waals surface area contributed by atoms with Crippen LogP contribution >= 0.6 is 0 Å². The van der Waals surface area contributed by atoms with Crippen molar-refractivity contribution in [1.82, 2.24) is 5.32 Å². The predicted octanol–water partition coefficient (Wildman–Crippen LogP) is 2.44. The highest BCUT2D eigenvalue weighted by Crippen LogP contribution is 2.44. The van der Waals surface area contributed by atoms with E-state index in [0.717, 1.165) is 18.4 Å². The molecule has 2 heteroatoms. The van der Waals surface area contributed by atoms with Crippen LogP contribution in [0.2, 0.25) is 0 Å². The van der Waals surface area contributed by atoms with Gasteiger partial charge in [0.1, 0.15) is 0 Å². The molecule has 2 fully saturated rings. The van der Waals surface area contributed by atoms with Gasteiger partial charge in [-0.25, -0.2) is 0 Å². The van der Waals surface area contributed by atoms with Gasteiger partial charge in [-0.15, -0.1) is 0 Å². The number of rotatable bonds is 5. The zero-order valence-electron chi connectivity index (χ0n) is 10.5. The van der Waals surface area contributed by atoms with Crippen molar-refractivity contribution in [3.8, 4) is 0 Å². The third-order valence-corrected chi connectivity index (χ3v) is 4.45. The van der Waals surface area contributed by atoms with E-state index >= 15 is 0 Å². The minimum atomic E-state index is 0.328. The first-order valence-electron chi connectivity index (χ1n) is 6.40. The van der Waals surface area contributed by atoms with Crippen LogP contribution in [0.5, 0.6) is 0 Å². The monoisotopic (exact) mass is 211 g/mol. The van der Waals surface area contributed by atoms with E-state index in [1.807, 2.05) is 0 Å². The number of ether oxygens (including phenoxy) is 1. The third kappa shape index (κ3) is 2.21. The van der Waals surface area contributed by atoms with Crippen molar-refractivity contribution >= 4 is 0 Å². The first-order valence-corrected chi connectivity index (χ1v) is 6.40. The maximum absolute atomic E-state index is 5.73. The van der Waals surface area contributed by atoms with Gasteiger partial charge >= 0.3 is 0 Å². The molecule has 15 heavy (non-hydrogen) atoms. The SMILES string of the molecule is CCOC1CC(NCC2CC2C)C1(C)C. The molecule has 0 saturated heterocycles. The minimum Gasteiger partial charge on any atom is -0.378 e. The second kappa shape index (κ2) is 4.06. The molecule has 0 amide bonds. The molecule has 0 spiro atoms. The molecule has 0 aliphatic heterocycles. The lowest BCUT2D eigenvalue weighted by atomic mass is 9.64. The molecule has 2 rings (SSSR count). The summed E-state index contributed by atoms with van der Waals surface area (Å²) >= 11 is 0. The Morgan fingerprint density at radius 2 is 2.00 bits per heavy atom. The summed E-state index contributed by atoms with van der Waals surface area (Å²) in [5.41, 5.74) is 0.328. The molecule has 4 atom stereocenters. The maximum atomic E-state index is 5.73. The molecule has 2 saturated carbocycles. The highest BCUT2D eigenvalue weighted by Gasteiger charge is 2.49. The summed E-state index contributed by atoms with van der Waals surface area (Å²) in [4.78, 5) is 0. The Morgan fingerprint density at radius 1 is 1.33 bits per heavy atom. The van der Waals surface area contributed by atoms with E-state index in [4.69, 9.17) is 4.74 Å². The summed E-state index contributed by atoms with van der Waals surface area (Å²) in [6.07, 6.45) is 3.09. The topological polar surface area (TPSA) is 21.3 Å². The Hall–Kier alpha value is -0.0800. The molecular weight excluding hydrogens is 186 g/mol. The molecule has 88 valence electrons. The van der Waals surface area contributed by atoms with Crippen molar-refractivity contribution in [2.75, 3.05) is 13.2 Å². The smallest absolute Gasteiger partial charge is 0.0655 e. The summed E-state index contributed by atoms with van der Waals surface area (Å²) in [5, 5.41) is 3.71. The fraction of sp³-hybridized carbons (Fsp3) is 1.00. The first kappa shape index (κ1) is 11.4. The van der Waals surface area contributed by atoms with Crippen LogP contribution in [0, 0.1) is 17.3 Å². The largest absolute Gasteiger partial charge is 0.378 e. The van der Waals surface area contributed by atoms with E-state index in [0.29, 0.717) is 17.6 Å². The molecule has 0 radical (unpaired) electrons. The second-order valence-electron chi connectivity index (χ2n) is 5.93. The molecule has 2 aliphatic carbocycles. The van der Waals surface area contributed by atoms with Crippen molar-refractivity contribution in [3.63, 3.8) is 0 Å². The molecule has 1 N–H and O–H groups in total. The van der Waals surface area contributed by atoms with Crippen molar-refractivity contribution in [3.05, 3.63) is 0 Å². The summed E-state index contributed by atoms with van der Waals surface area (Å²) in [6.45, 7) is 11.1. The van der Waals surface area contributed by atoms with Crippen LogP contribution in [0.1, 0.15) is 40.5 Å². The van der Waals surface area contributed by atoms with Crippen LogP contribution < -0.4 is 5.32 Å². The lowest BCUT2D eigenvalue weighted by Crippen LogP contribution is -2.61. The highest BCUT2D eigenvalue weighted by atomic mass is 16.5. The third-order valence-electron chi connectivity index (χ3n) is 4.45. The summed E-state index contributed by atoms with van der Waals surface area (Å²) in [7, 11) is 0. The van der Waals surface area contributed by atoms with Gasteiger partial charge in [-0.2, -0.15) is 0 Å². The van der Waals surface area contributed by atoms with E-state index in [2.05, 4.69) is 33.0 Å². The fourth-order valence-corrected chi connectivity index (χ4v) is 2.69. The maximum Gasteiger partial charge on any atom is 0.0655 e. The minimum absolute atomic E-state index is 0.328. The molecule has 4 unspecified atom stereocenters. The van der Waals surface area contributed by atoms with Crippen LogP contribution in [0.25, 0.3) is 0 Å². The lowest BCUT2D eigenvalue weighted by Gasteiger charge is -2.52. The zero-order valence-corrected chi connectivity index (χ0v) is 10.5.